The largest absolute Gasteiger partial charge is 0.380 e. The van der Waals surface area contributed by atoms with Gasteiger partial charge in [-0.1, -0.05) is 6.08 Å². The monoisotopic (exact) mass is 246 g/mol. The Morgan fingerprint density at radius 3 is 2.89 bits per heavy atom. The molecule has 1 aromatic rings. The van der Waals surface area contributed by atoms with E-state index in [1.165, 1.54) is 5.57 Å². The van der Waals surface area contributed by atoms with Crippen LogP contribution in [-0.2, 0) is 11.8 Å². The van der Waals surface area contributed by atoms with Crippen molar-refractivity contribution in [3.63, 3.8) is 0 Å². The number of ether oxygens (including phenoxy) is 1. The van der Waals surface area contributed by atoms with Crippen molar-refractivity contribution < 1.29 is 4.74 Å². The Hall–Kier alpha value is -1.80. The molecule has 2 rings (SSSR count). The number of rotatable bonds is 3. The fraction of sp³-hybridized carbons (Fsp3) is 0.538. The highest BCUT2D eigenvalue weighted by Crippen LogP contribution is 2.25. The summed E-state index contributed by atoms with van der Waals surface area (Å²) in [4.78, 5) is 2.19. The van der Waals surface area contributed by atoms with E-state index >= 15 is 0 Å². The maximum atomic E-state index is 9.21. The van der Waals surface area contributed by atoms with Crippen LogP contribution in [0.2, 0.25) is 0 Å². The summed E-state index contributed by atoms with van der Waals surface area (Å²) in [7, 11) is 3.60. The molecule has 0 N–H and O–H groups in total. The molecule has 0 atom stereocenters. The van der Waals surface area contributed by atoms with Crippen LogP contribution in [-0.4, -0.2) is 36.6 Å². The number of nitrogens with zero attached hydrogens (tertiary/aromatic N) is 4. The zero-order chi connectivity index (χ0) is 13.1. The maximum absolute atomic E-state index is 9.21. The van der Waals surface area contributed by atoms with Gasteiger partial charge in [0, 0.05) is 27.2 Å². The molecule has 0 bridgehead atoms. The molecule has 0 saturated carbocycles. The molecule has 0 aliphatic carbocycles. The molecule has 0 spiro atoms. The normalized spacial score (nSPS) is 15.4. The second-order valence-electron chi connectivity index (χ2n) is 4.51. The molecule has 1 aliphatic rings. The van der Waals surface area contributed by atoms with Crippen molar-refractivity contribution in [3.05, 3.63) is 22.9 Å². The minimum atomic E-state index is 0.682. The van der Waals surface area contributed by atoms with E-state index in [0.29, 0.717) is 12.2 Å². The first-order chi connectivity index (χ1) is 8.67. The van der Waals surface area contributed by atoms with Crippen molar-refractivity contribution in [2.24, 2.45) is 7.05 Å². The Kier molecular flexibility index (Phi) is 3.68. The topological polar surface area (TPSA) is 54.1 Å². The van der Waals surface area contributed by atoms with Crippen LogP contribution in [0.3, 0.4) is 0 Å². The van der Waals surface area contributed by atoms with Crippen LogP contribution in [0.25, 0.3) is 0 Å². The fourth-order valence-electron chi connectivity index (χ4n) is 2.36. The summed E-state index contributed by atoms with van der Waals surface area (Å²) >= 11 is 0. The lowest BCUT2D eigenvalue weighted by Gasteiger charge is -2.28. The number of aromatic nitrogens is 2. The van der Waals surface area contributed by atoms with Gasteiger partial charge in [0.15, 0.2) is 0 Å². The molecule has 1 aromatic heterocycles. The molecule has 1 aliphatic heterocycles. The van der Waals surface area contributed by atoms with E-state index in [-0.39, 0.29) is 0 Å². The van der Waals surface area contributed by atoms with E-state index in [4.69, 9.17) is 4.74 Å². The summed E-state index contributed by atoms with van der Waals surface area (Å²) < 4.78 is 6.93. The summed E-state index contributed by atoms with van der Waals surface area (Å²) in [5, 5.41) is 13.5. The molecule has 0 saturated heterocycles. The first-order valence-electron chi connectivity index (χ1n) is 6.03. The maximum Gasteiger partial charge on any atom is 0.145 e. The lowest BCUT2D eigenvalue weighted by atomic mass is 10.1. The van der Waals surface area contributed by atoms with Gasteiger partial charge in [0.2, 0.25) is 0 Å². The van der Waals surface area contributed by atoms with Gasteiger partial charge < -0.3 is 9.64 Å². The number of aryl methyl sites for hydroxylation is 2. The molecule has 2 heterocycles. The summed E-state index contributed by atoms with van der Waals surface area (Å²) in [5.41, 5.74) is 2.80. The first-order valence-corrected chi connectivity index (χ1v) is 6.03. The molecular weight excluding hydrogens is 228 g/mol. The van der Waals surface area contributed by atoms with Crippen molar-refractivity contribution in [2.45, 2.75) is 13.3 Å². The molecule has 18 heavy (non-hydrogen) atoms. The SMILES string of the molecule is COCC1=CCN(c2c(C#N)c(C)nn2C)CC1. The average molecular weight is 246 g/mol. The molecule has 96 valence electrons. The Bertz CT molecular complexity index is 510. The zero-order valence-corrected chi connectivity index (χ0v) is 11.1. The number of hydrogen-bond acceptors (Lipinski definition) is 4. The minimum Gasteiger partial charge on any atom is -0.380 e. The van der Waals surface area contributed by atoms with Gasteiger partial charge in [-0.3, -0.25) is 4.68 Å². The van der Waals surface area contributed by atoms with Crippen molar-refractivity contribution >= 4 is 5.82 Å². The molecule has 5 heteroatoms. The van der Waals surface area contributed by atoms with E-state index in [2.05, 4.69) is 22.1 Å². The van der Waals surface area contributed by atoms with Crippen molar-refractivity contribution in [1.82, 2.24) is 9.78 Å². The standard InChI is InChI=1S/C13H18N4O/c1-10-12(8-14)13(16(2)15-10)17-6-4-11(5-7-17)9-18-3/h4H,5-7,9H2,1-3H3. The van der Waals surface area contributed by atoms with E-state index in [1.54, 1.807) is 11.8 Å². The van der Waals surface area contributed by atoms with Crippen LogP contribution in [0.1, 0.15) is 17.7 Å². The summed E-state index contributed by atoms with van der Waals surface area (Å²) in [5.74, 6) is 0.919. The second-order valence-corrected chi connectivity index (χ2v) is 4.51. The molecule has 0 amide bonds. The van der Waals surface area contributed by atoms with Gasteiger partial charge >= 0.3 is 0 Å². The molecule has 0 fully saturated rings. The van der Waals surface area contributed by atoms with E-state index < -0.39 is 0 Å². The molecule has 0 unspecified atom stereocenters. The predicted octanol–water partition coefficient (Wildman–Crippen LogP) is 1.38. The summed E-state index contributed by atoms with van der Waals surface area (Å²) in [6, 6.07) is 2.25. The number of hydrogen-bond donors (Lipinski definition) is 0. The lowest BCUT2D eigenvalue weighted by Crippen LogP contribution is -2.31. The fourth-order valence-corrected chi connectivity index (χ4v) is 2.36. The van der Waals surface area contributed by atoms with Crippen molar-refractivity contribution in [3.8, 4) is 6.07 Å². The smallest absolute Gasteiger partial charge is 0.145 e. The highest BCUT2D eigenvalue weighted by atomic mass is 16.5. The Morgan fingerprint density at radius 2 is 2.33 bits per heavy atom. The van der Waals surface area contributed by atoms with E-state index in [9.17, 15) is 5.26 Å². The van der Waals surface area contributed by atoms with Crippen molar-refractivity contribution in [2.75, 3.05) is 31.7 Å². The van der Waals surface area contributed by atoms with Gasteiger partial charge in [-0.2, -0.15) is 10.4 Å². The molecule has 5 nitrogen and oxygen atoms in total. The van der Waals surface area contributed by atoms with Crippen molar-refractivity contribution in [1.29, 1.82) is 5.26 Å². The third-order valence-electron chi connectivity index (χ3n) is 3.24. The minimum absolute atomic E-state index is 0.682. The number of nitriles is 1. The van der Waals surface area contributed by atoms with Crippen LogP contribution in [0.5, 0.6) is 0 Å². The average Bonchev–Trinajstić information content (AvgIpc) is 2.65. The van der Waals surface area contributed by atoms with Crippen LogP contribution in [0.15, 0.2) is 11.6 Å². The number of anilines is 1. The van der Waals surface area contributed by atoms with Gasteiger partial charge in [-0.15, -0.1) is 0 Å². The Morgan fingerprint density at radius 1 is 1.56 bits per heavy atom. The molecule has 0 aromatic carbocycles. The quantitative estimate of drug-likeness (QED) is 0.756. The van der Waals surface area contributed by atoms with Crippen LogP contribution >= 0.6 is 0 Å². The third-order valence-corrected chi connectivity index (χ3v) is 3.24. The van der Waals surface area contributed by atoms with Gasteiger partial charge in [-0.25, -0.2) is 0 Å². The van der Waals surface area contributed by atoms with Gasteiger partial charge in [0.05, 0.1) is 12.3 Å². The van der Waals surface area contributed by atoms with Crippen LogP contribution in [0, 0.1) is 18.3 Å². The lowest BCUT2D eigenvalue weighted by molar-refractivity contribution is 0.222. The highest BCUT2D eigenvalue weighted by Gasteiger charge is 2.21. The summed E-state index contributed by atoms with van der Waals surface area (Å²) in [6.07, 6.45) is 3.15. The first kappa shape index (κ1) is 12.7. The summed E-state index contributed by atoms with van der Waals surface area (Å²) in [6.45, 7) is 4.29. The Labute approximate surface area is 107 Å². The Balaban J connectivity index is 2.23. The highest BCUT2D eigenvalue weighted by molar-refractivity contribution is 5.57. The predicted molar refractivity (Wildman–Crippen MR) is 69.4 cm³/mol. The van der Waals surface area contributed by atoms with Crippen LogP contribution < -0.4 is 4.90 Å². The van der Waals surface area contributed by atoms with Gasteiger partial charge in [-0.05, 0) is 18.9 Å². The van der Waals surface area contributed by atoms with Crippen LogP contribution in [0.4, 0.5) is 5.82 Å². The van der Waals surface area contributed by atoms with E-state index in [1.807, 2.05) is 14.0 Å². The van der Waals surface area contributed by atoms with E-state index in [0.717, 1.165) is 31.0 Å². The second kappa shape index (κ2) is 5.23. The van der Waals surface area contributed by atoms with Gasteiger partial charge in [0.1, 0.15) is 17.5 Å². The number of methoxy groups -OCH3 is 1. The molecular formula is C13H18N4O. The molecule has 0 radical (unpaired) electrons. The third kappa shape index (κ3) is 2.24. The zero-order valence-electron chi connectivity index (χ0n) is 11.1. The van der Waals surface area contributed by atoms with Gasteiger partial charge in [0.25, 0.3) is 0 Å².